The molecule has 0 radical (unpaired) electrons. The van der Waals surface area contributed by atoms with Crippen molar-refractivity contribution < 1.29 is 18.8 Å². The van der Waals surface area contributed by atoms with Crippen LogP contribution >= 0.6 is 0 Å². The van der Waals surface area contributed by atoms with E-state index in [2.05, 4.69) is 4.99 Å². The first-order valence-electron chi connectivity index (χ1n) is 10.1. The van der Waals surface area contributed by atoms with Crippen LogP contribution in [0.2, 0.25) is 0 Å². The first-order valence-corrected chi connectivity index (χ1v) is 10.1. The van der Waals surface area contributed by atoms with Crippen LogP contribution in [0.15, 0.2) is 16.7 Å². The molecule has 0 aromatic carbocycles. The number of allylic oxidation sites excluding steroid dienone is 1. The van der Waals surface area contributed by atoms with E-state index < -0.39 is 23.9 Å². The van der Waals surface area contributed by atoms with Crippen LogP contribution in [0.25, 0.3) is 0 Å². The first-order chi connectivity index (χ1) is 12.8. The van der Waals surface area contributed by atoms with Gasteiger partial charge < -0.3 is 24.7 Å². The number of hydrogen-bond acceptors (Lipinski definition) is 6. The Labute approximate surface area is 169 Å². The number of nitrogens with two attached hydrogens (primary N) is 1. The topological polar surface area (TPSA) is 86.4 Å². The summed E-state index contributed by atoms with van der Waals surface area (Å²) in [6.07, 6.45) is 4.96. The van der Waals surface area contributed by atoms with Gasteiger partial charge >= 0.3 is 13.2 Å². The number of carbonyl (C=O) groups excluding carboxylic acids is 1. The van der Waals surface area contributed by atoms with Crippen LogP contribution in [0.5, 0.6) is 0 Å². The number of carbonyl (C=O) groups is 1. The number of nitrogens with zero attached hydrogens (tertiary/aromatic N) is 2. The molecule has 1 amide bonds. The van der Waals surface area contributed by atoms with Crippen molar-refractivity contribution in [1.82, 2.24) is 4.90 Å². The van der Waals surface area contributed by atoms with Crippen LogP contribution in [-0.2, 0) is 14.0 Å². The van der Waals surface area contributed by atoms with Gasteiger partial charge in [-0.2, -0.15) is 0 Å². The molecule has 0 aromatic heterocycles. The van der Waals surface area contributed by atoms with Gasteiger partial charge in [-0.05, 0) is 73.4 Å². The lowest BCUT2D eigenvalue weighted by molar-refractivity contribution is 0.00578. The van der Waals surface area contributed by atoms with Crippen LogP contribution in [0.1, 0.15) is 61.3 Å². The summed E-state index contributed by atoms with van der Waals surface area (Å²) in [4.78, 5) is 18.6. The number of hydrogen-bond donors (Lipinski definition) is 1. The van der Waals surface area contributed by atoms with E-state index >= 15 is 0 Å². The fourth-order valence-corrected chi connectivity index (χ4v) is 3.18. The standard InChI is InChI=1S/C20H36BN3O4/c1-18(2,3)26-17(25)24-10-8-9-15(14-24)12-23-13-16(11-22)21-27-19(4,5)20(6,7)28-21/h11,13,15H,8-10,12,14,22H2,1-7H3. The predicted octanol–water partition coefficient (Wildman–Crippen LogP) is 3.18. The second-order valence-electron chi connectivity index (χ2n) is 9.68. The van der Waals surface area contributed by atoms with E-state index in [4.69, 9.17) is 19.8 Å². The zero-order chi connectivity index (χ0) is 21.2. The third-order valence-corrected chi connectivity index (χ3v) is 5.49. The maximum Gasteiger partial charge on any atom is 0.497 e. The summed E-state index contributed by atoms with van der Waals surface area (Å²) in [5, 5.41) is 0. The van der Waals surface area contributed by atoms with Gasteiger partial charge in [-0.25, -0.2) is 4.79 Å². The minimum atomic E-state index is -0.525. The molecule has 1 unspecified atom stereocenters. The van der Waals surface area contributed by atoms with E-state index in [9.17, 15) is 4.79 Å². The Kier molecular flexibility index (Phi) is 6.87. The smallest absolute Gasteiger partial charge is 0.444 e. The Morgan fingerprint density at radius 3 is 2.43 bits per heavy atom. The minimum Gasteiger partial charge on any atom is -0.444 e. The lowest BCUT2D eigenvalue weighted by atomic mass is 9.79. The number of ether oxygens (including phenoxy) is 1. The fourth-order valence-electron chi connectivity index (χ4n) is 3.18. The molecular formula is C20H36BN3O4. The molecule has 7 nitrogen and oxygen atoms in total. The molecule has 2 rings (SSSR count). The van der Waals surface area contributed by atoms with Crippen molar-refractivity contribution in [2.45, 2.75) is 78.1 Å². The molecule has 2 aliphatic heterocycles. The van der Waals surface area contributed by atoms with Crippen LogP contribution < -0.4 is 5.73 Å². The number of amides is 1. The molecule has 1 atom stereocenters. The van der Waals surface area contributed by atoms with Crippen LogP contribution in [0.4, 0.5) is 4.79 Å². The highest BCUT2D eigenvalue weighted by molar-refractivity contribution is 6.60. The molecule has 2 fully saturated rings. The highest BCUT2D eigenvalue weighted by Gasteiger charge is 2.52. The Morgan fingerprint density at radius 1 is 1.29 bits per heavy atom. The lowest BCUT2D eigenvalue weighted by Gasteiger charge is -2.33. The lowest BCUT2D eigenvalue weighted by Crippen LogP contribution is -2.43. The zero-order valence-corrected chi connectivity index (χ0v) is 18.4. The molecule has 8 heteroatoms. The van der Waals surface area contributed by atoms with E-state index in [1.165, 1.54) is 6.20 Å². The summed E-state index contributed by atoms with van der Waals surface area (Å²) in [7, 11) is -0.525. The molecule has 0 aromatic rings. The van der Waals surface area contributed by atoms with Gasteiger partial charge in [0.2, 0.25) is 0 Å². The zero-order valence-electron chi connectivity index (χ0n) is 18.4. The Hall–Kier alpha value is -1.54. The highest BCUT2D eigenvalue weighted by atomic mass is 16.7. The van der Waals surface area contributed by atoms with Gasteiger partial charge in [-0.3, -0.25) is 4.99 Å². The Bertz CT molecular complexity index is 609. The van der Waals surface area contributed by atoms with Gasteiger partial charge in [-0.1, -0.05) is 0 Å². The van der Waals surface area contributed by atoms with Gasteiger partial charge in [-0.15, -0.1) is 0 Å². The van der Waals surface area contributed by atoms with Gasteiger partial charge in [0.05, 0.1) is 11.2 Å². The van der Waals surface area contributed by atoms with Crippen molar-refractivity contribution in [2.75, 3.05) is 19.6 Å². The van der Waals surface area contributed by atoms with Crippen LogP contribution in [-0.4, -0.2) is 60.8 Å². The molecule has 28 heavy (non-hydrogen) atoms. The van der Waals surface area contributed by atoms with Gasteiger partial charge in [0.15, 0.2) is 0 Å². The van der Waals surface area contributed by atoms with Gasteiger partial charge in [0.1, 0.15) is 5.60 Å². The van der Waals surface area contributed by atoms with Crippen molar-refractivity contribution in [2.24, 2.45) is 16.6 Å². The molecule has 0 bridgehead atoms. The average molecular weight is 393 g/mol. The molecule has 158 valence electrons. The molecule has 0 spiro atoms. The van der Waals surface area contributed by atoms with Crippen molar-refractivity contribution in [3.8, 4) is 0 Å². The second-order valence-corrected chi connectivity index (χ2v) is 9.68. The molecule has 0 saturated carbocycles. The van der Waals surface area contributed by atoms with E-state index in [1.807, 2.05) is 48.5 Å². The minimum absolute atomic E-state index is 0.249. The predicted molar refractivity (Wildman–Crippen MR) is 112 cm³/mol. The number of likely N-dealkylation sites (tertiary alicyclic amines) is 1. The summed E-state index contributed by atoms with van der Waals surface area (Å²) >= 11 is 0. The van der Waals surface area contributed by atoms with Crippen molar-refractivity contribution in [3.63, 3.8) is 0 Å². The first kappa shape index (κ1) is 22.8. The average Bonchev–Trinajstić information content (AvgIpc) is 2.78. The summed E-state index contributed by atoms with van der Waals surface area (Å²) in [6, 6.07) is 0. The number of piperidine rings is 1. The quantitative estimate of drug-likeness (QED) is 0.586. The van der Waals surface area contributed by atoms with Crippen LogP contribution in [0.3, 0.4) is 0 Å². The Morgan fingerprint density at radius 2 is 1.89 bits per heavy atom. The molecule has 2 N–H and O–H groups in total. The molecule has 2 saturated heterocycles. The summed E-state index contributed by atoms with van der Waals surface area (Å²) in [5.74, 6) is 0.301. The maximum absolute atomic E-state index is 12.3. The normalized spacial score (nSPS) is 25.4. The summed E-state index contributed by atoms with van der Waals surface area (Å²) in [5.41, 5.74) is 5.17. The largest absolute Gasteiger partial charge is 0.497 e. The summed E-state index contributed by atoms with van der Waals surface area (Å²) < 4.78 is 17.5. The summed E-state index contributed by atoms with van der Waals surface area (Å²) in [6.45, 7) is 15.7. The van der Waals surface area contributed by atoms with E-state index in [-0.39, 0.29) is 6.09 Å². The third-order valence-electron chi connectivity index (χ3n) is 5.49. The maximum atomic E-state index is 12.3. The van der Waals surface area contributed by atoms with Gasteiger partial charge in [0.25, 0.3) is 0 Å². The van der Waals surface area contributed by atoms with Crippen LogP contribution in [0, 0.1) is 5.92 Å². The number of rotatable bonds is 4. The van der Waals surface area contributed by atoms with Gasteiger partial charge in [0, 0.05) is 31.3 Å². The molecular weight excluding hydrogens is 357 g/mol. The molecule has 2 aliphatic rings. The SMILES string of the molecule is CC(C)(C)OC(=O)N1CCCC(CN=CC(=CN)B2OC(C)(C)C(C)(C)O2)C1. The van der Waals surface area contributed by atoms with E-state index in [1.54, 1.807) is 11.1 Å². The molecule has 2 heterocycles. The highest BCUT2D eigenvalue weighted by Crippen LogP contribution is 2.38. The molecule has 0 aliphatic carbocycles. The van der Waals surface area contributed by atoms with E-state index in [0.29, 0.717) is 24.5 Å². The second kappa shape index (κ2) is 8.45. The monoisotopic (exact) mass is 393 g/mol. The van der Waals surface area contributed by atoms with Crippen molar-refractivity contribution >= 4 is 19.4 Å². The number of aliphatic imine (C=N–C) groups is 1. The fraction of sp³-hybridized carbons (Fsp3) is 0.800. The van der Waals surface area contributed by atoms with Crippen molar-refractivity contribution in [3.05, 3.63) is 11.7 Å². The Balaban J connectivity index is 1.90. The van der Waals surface area contributed by atoms with E-state index in [0.717, 1.165) is 19.4 Å². The third kappa shape index (κ3) is 5.73. The van der Waals surface area contributed by atoms with Crippen molar-refractivity contribution in [1.29, 1.82) is 0 Å².